The van der Waals surface area contributed by atoms with Crippen LogP contribution >= 0.6 is 0 Å². The fourth-order valence-corrected chi connectivity index (χ4v) is 8.56. The van der Waals surface area contributed by atoms with E-state index < -0.39 is 147 Å². The van der Waals surface area contributed by atoms with Gasteiger partial charge in [-0.2, -0.15) is 0 Å². The molecule has 0 aromatic rings. The largest absolute Gasteiger partial charge is 0.455 e. The van der Waals surface area contributed by atoms with Gasteiger partial charge in [0.25, 0.3) is 0 Å². The molecule has 0 aliphatic carbocycles. The molecule has 8 N–H and O–H groups in total. The first kappa shape index (κ1) is 52.3. The predicted molar refractivity (Wildman–Crippen MR) is 216 cm³/mol. The second-order valence-electron chi connectivity index (χ2n) is 18.0. The van der Waals surface area contributed by atoms with Crippen LogP contribution in [0.4, 0.5) is 0 Å². The van der Waals surface area contributed by atoms with E-state index in [1.54, 1.807) is 6.92 Å². The lowest BCUT2D eigenvalue weighted by molar-refractivity contribution is -0.406. The summed E-state index contributed by atoms with van der Waals surface area (Å²) >= 11 is 0. The van der Waals surface area contributed by atoms with E-state index in [4.69, 9.17) is 47.4 Å². The van der Waals surface area contributed by atoms with Crippen LogP contribution in [-0.2, 0) is 57.0 Å². The molecule has 23 atom stereocenters. The van der Waals surface area contributed by atoms with Crippen molar-refractivity contribution in [3.05, 3.63) is 0 Å². The molecule has 0 spiro atoms. The first-order chi connectivity index (χ1) is 29.8. The summed E-state index contributed by atoms with van der Waals surface area (Å²) in [5.41, 5.74) is 0. The van der Waals surface area contributed by atoms with Gasteiger partial charge in [0.1, 0.15) is 61.0 Å². The Kier molecular flexibility index (Phi) is 19.8. The van der Waals surface area contributed by atoms with E-state index >= 15 is 0 Å². The number of aliphatic hydroxyl groups is 8. The van der Waals surface area contributed by atoms with Crippen molar-refractivity contribution in [2.24, 2.45) is 5.92 Å². The van der Waals surface area contributed by atoms with Gasteiger partial charge in [0.15, 0.2) is 37.4 Å². The molecule has 5 aliphatic heterocycles. The van der Waals surface area contributed by atoms with Crippen LogP contribution in [0.25, 0.3) is 0 Å². The van der Waals surface area contributed by atoms with Gasteiger partial charge in [0, 0.05) is 6.42 Å². The molecule has 0 amide bonds. The first-order valence-corrected chi connectivity index (χ1v) is 22.9. The van der Waals surface area contributed by atoms with E-state index in [1.165, 1.54) is 34.6 Å². The minimum Gasteiger partial charge on any atom is -0.455 e. The Hall–Kier alpha value is -1.70. The Bertz CT molecular complexity index is 1410. The summed E-state index contributed by atoms with van der Waals surface area (Å²) < 4.78 is 61.7. The van der Waals surface area contributed by atoms with Gasteiger partial charge >= 0.3 is 11.9 Å². The summed E-state index contributed by atoms with van der Waals surface area (Å²) in [7, 11) is 0. The molecule has 2 bridgehead atoms. The average molecular weight is 911 g/mol. The minimum atomic E-state index is -1.87. The number of ether oxygens (including phenoxy) is 10. The number of hydrogen-bond donors (Lipinski definition) is 8. The highest BCUT2D eigenvalue weighted by molar-refractivity contribution is 5.73. The average Bonchev–Trinajstić information content (AvgIpc) is 3.23. The summed E-state index contributed by atoms with van der Waals surface area (Å²) in [6.07, 6.45) is -23.7. The van der Waals surface area contributed by atoms with Gasteiger partial charge in [-0.25, -0.2) is 0 Å². The summed E-state index contributed by atoms with van der Waals surface area (Å²) in [5, 5.41) is 88.5. The topological polar surface area (TPSA) is 288 Å². The maximum absolute atomic E-state index is 13.6. The molecule has 20 heteroatoms. The van der Waals surface area contributed by atoms with E-state index in [1.807, 2.05) is 6.92 Å². The van der Waals surface area contributed by atoms with Crippen molar-refractivity contribution in [1.29, 1.82) is 0 Å². The second-order valence-corrected chi connectivity index (χ2v) is 18.0. The van der Waals surface area contributed by atoms with Gasteiger partial charge in [0.2, 0.25) is 0 Å². The third kappa shape index (κ3) is 13.1. The predicted octanol–water partition coefficient (Wildman–Crippen LogP) is 0.198. The summed E-state index contributed by atoms with van der Waals surface area (Å²) in [6, 6.07) is 0. The van der Waals surface area contributed by atoms with Crippen LogP contribution in [0.1, 0.15) is 119 Å². The third-order valence-corrected chi connectivity index (χ3v) is 12.9. The van der Waals surface area contributed by atoms with Crippen molar-refractivity contribution in [3.8, 4) is 0 Å². The monoisotopic (exact) mass is 910 g/mol. The van der Waals surface area contributed by atoms with E-state index in [2.05, 4.69) is 0 Å². The lowest BCUT2D eigenvalue weighted by Gasteiger charge is -2.50. The van der Waals surface area contributed by atoms with Crippen LogP contribution in [0.5, 0.6) is 0 Å². The third-order valence-electron chi connectivity index (χ3n) is 12.9. The highest BCUT2D eigenvalue weighted by atomic mass is 16.8. The number of carbonyl (C=O) groups excluding carboxylic acids is 2. The molecule has 63 heavy (non-hydrogen) atoms. The minimum absolute atomic E-state index is 0.0328. The molecule has 5 saturated heterocycles. The van der Waals surface area contributed by atoms with Gasteiger partial charge in [0.05, 0.1) is 42.5 Å². The van der Waals surface area contributed by atoms with Gasteiger partial charge in [-0.05, 0) is 60.8 Å². The number of carbonyl (C=O) groups is 2. The van der Waals surface area contributed by atoms with Crippen LogP contribution in [0.15, 0.2) is 0 Å². The Morgan fingerprint density at radius 1 is 0.603 bits per heavy atom. The second kappa shape index (κ2) is 23.8. The first-order valence-electron chi connectivity index (χ1n) is 22.9. The van der Waals surface area contributed by atoms with E-state index in [9.17, 15) is 50.4 Å². The summed E-state index contributed by atoms with van der Waals surface area (Å²) in [6.45, 7) is 10.8. The molecule has 5 fully saturated rings. The van der Waals surface area contributed by atoms with Crippen molar-refractivity contribution in [1.82, 2.24) is 0 Å². The maximum atomic E-state index is 13.6. The fraction of sp³-hybridized carbons (Fsp3) is 0.953. The zero-order valence-electron chi connectivity index (χ0n) is 37.5. The summed E-state index contributed by atoms with van der Waals surface area (Å²) in [4.78, 5) is 26.9. The highest BCUT2D eigenvalue weighted by Crippen LogP contribution is 2.38. The molecule has 0 aromatic carbocycles. The van der Waals surface area contributed by atoms with E-state index in [-0.39, 0.29) is 12.5 Å². The lowest BCUT2D eigenvalue weighted by Crippen LogP contribution is -2.68. The van der Waals surface area contributed by atoms with Gasteiger partial charge in [-0.15, -0.1) is 0 Å². The normalized spacial score (nSPS) is 46.4. The van der Waals surface area contributed by atoms with Crippen LogP contribution in [0.2, 0.25) is 0 Å². The van der Waals surface area contributed by atoms with Gasteiger partial charge in [-0.1, -0.05) is 51.9 Å². The number of aliphatic hydroxyl groups excluding tert-OH is 8. The van der Waals surface area contributed by atoms with Crippen molar-refractivity contribution in [3.63, 3.8) is 0 Å². The Morgan fingerprint density at radius 2 is 1.14 bits per heavy atom. The molecule has 0 saturated carbocycles. The number of rotatable bonds is 7. The summed E-state index contributed by atoms with van der Waals surface area (Å²) in [5.74, 6) is -2.68. The van der Waals surface area contributed by atoms with Crippen LogP contribution in [0.3, 0.4) is 0 Å². The van der Waals surface area contributed by atoms with Crippen molar-refractivity contribution >= 4 is 11.9 Å². The highest BCUT2D eigenvalue weighted by Gasteiger charge is 2.57. The van der Waals surface area contributed by atoms with Crippen molar-refractivity contribution in [2.45, 2.75) is 254 Å². The fourth-order valence-electron chi connectivity index (χ4n) is 8.56. The zero-order chi connectivity index (χ0) is 46.3. The standard InChI is InChI=1S/C43H74O20/c1-8-16-25-17-14-12-10-9-11-13-15-18-26(45)59-37-34(60-39(53)19(2)20(3)44)29(48)23(6)56-42(37)61-35-30(49)24(7)57-43(62-36-32(51)28(47)22(5)55-41(36)58-25)38(35)63-40-33(52)31(50)27(46)21(4)54-40/h19-25,27-38,40-44,46-52H,8-18H2,1-7H3. The van der Waals surface area contributed by atoms with Crippen molar-refractivity contribution < 1.29 is 97.8 Å². The quantitative estimate of drug-likeness (QED) is 0.158. The molecule has 0 aromatic heterocycles. The maximum Gasteiger partial charge on any atom is 0.311 e. The smallest absolute Gasteiger partial charge is 0.311 e. The van der Waals surface area contributed by atoms with E-state index in [0.29, 0.717) is 19.3 Å². The van der Waals surface area contributed by atoms with Crippen LogP contribution < -0.4 is 0 Å². The lowest BCUT2D eigenvalue weighted by atomic mass is 9.95. The van der Waals surface area contributed by atoms with Crippen molar-refractivity contribution in [2.75, 3.05) is 0 Å². The Morgan fingerprint density at radius 3 is 1.79 bits per heavy atom. The number of esters is 2. The molecule has 5 heterocycles. The Labute approximate surface area is 369 Å². The SMILES string of the molecule is CCCC1CCCCCCCCCC(=O)OC2C(OC(C)C(O)C2OC(=O)C(C)C(C)O)OC2C(O)C(C)OC(OC3C(O1)OC(C)C(O)C3O)C2OC1OC(C)C(O)C(O)C1O. The molecule has 23 unspecified atom stereocenters. The zero-order valence-corrected chi connectivity index (χ0v) is 37.5. The molecule has 366 valence electrons. The molecule has 5 aliphatic rings. The number of fused-ring (bicyclic) bond motifs is 4. The van der Waals surface area contributed by atoms with Crippen LogP contribution in [0, 0.1) is 5.92 Å². The number of hydrogen-bond acceptors (Lipinski definition) is 20. The van der Waals surface area contributed by atoms with E-state index in [0.717, 1.165) is 44.9 Å². The molecular formula is C43H74O20. The van der Waals surface area contributed by atoms with Gasteiger partial charge < -0.3 is 88.2 Å². The molecular weight excluding hydrogens is 836 g/mol. The van der Waals surface area contributed by atoms with Crippen LogP contribution in [-0.4, -0.2) is 188 Å². The molecule has 0 radical (unpaired) electrons. The van der Waals surface area contributed by atoms with Gasteiger partial charge in [-0.3, -0.25) is 9.59 Å². The molecule has 20 nitrogen and oxygen atoms in total. The molecule has 5 rings (SSSR count). The Balaban J connectivity index is 1.58.